The van der Waals surface area contributed by atoms with Crippen LogP contribution in [0.5, 0.6) is 0 Å². The quantitative estimate of drug-likeness (QED) is 0.789. The standard InChI is InChI=1S/C14H18BrFN2.2ClH/c1-2-4-13(18-9-7-17-8-10-18)11-5-3-6-12(16)14(11)15;;/h2-3,5-6,13,17H,1,4,7-10H2;2*1H/t13-;;/m1../s1. The largest absolute Gasteiger partial charge is 0.314 e. The molecule has 0 bridgehead atoms. The van der Waals surface area contributed by atoms with E-state index >= 15 is 0 Å². The fourth-order valence-corrected chi connectivity index (χ4v) is 2.93. The molecule has 1 heterocycles. The first-order valence-electron chi connectivity index (χ1n) is 6.23. The van der Waals surface area contributed by atoms with Crippen LogP contribution in [0.2, 0.25) is 0 Å². The van der Waals surface area contributed by atoms with Crippen LogP contribution in [0.15, 0.2) is 35.3 Å². The molecule has 1 aromatic rings. The number of benzene rings is 1. The maximum absolute atomic E-state index is 13.6. The van der Waals surface area contributed by atoms with Crippen LogP contribution >= 0.6 is 40.7 Å². The normalized spacial score (nSPS) is 16.7. The van der Waals surface area contributed by atoms with Gasteiger partial charge in [-0.1, -0.05) is 18.2 Å². The maximum Gasteiger partial charge on any atom is 0.137 e. The van der Waals surface area contributed by atoms with Crippen molar-refractivity contribution in [3.63, 3.8) is 0 Å². The molecule has 6 heteroatoms. The molecule has 0 unspecified atom stereocenters. The van der Waals surface area contributed by atoms with Crippen molar-refractivity contribution in [2.75, 3.05) is 26.2 Å². The maximum atomic E-state index is 13.6. The summed E-state index contributed by atoms with van der Waals surface area (Å²) in [7, 11) is 0. The van der Waals surface area contributed by atoms with E-state index in [2.05, 4.69) is 32.7 Å². The van der Waals surface area contributed by atoms with Gasteiger partial charge in [0.15, 0.2) is 0 Å². The Morgan fingerprint density at radius 2 is 2.00 bits per heavy atom. The van der Waals surface area contributed by atoms with Gasteiger partial charge in [-0.15, -0.1) is 31.4 Å². The van der Waals surface area contributed by atoms with E-state index in [9.17, 15) is 4.39 Å². The van der Waals surface area contributed by atoms with Crippen molar-refractivity contribution >= 4 is 40.7 Å². The number of nitrogens with one attached hydrogen (secondary N) is 1. The third kappa shape index (κ3) is 4.71. The van der Waals surface area contributed by atoms with Crippen molar-refractivity contribution < 1.29 is 4.39 Å². The van der Waals surface area contributed by atoms with Crippen molar-refractivity contribution in [1.82, 2.24) is 10.2 Å². The molecule has 0 aromatic heterocycles. The number of piperazine rings is 1. The topological polar surface area (TPSA) is 15.3 Å². The lowest BCUT2D eigenvalue weighted by molar-refractivity contribution is 0.173. The van der Waals surface area contributed by atoms with Crippen LogP contribution in [0.1, 0.15) is 18.0 Å². The zero-order valence-corrected chi connectivity index (χ0v) is 14.4. The Hall–Kier alpha value is -0.130. The van der Waals surface area contributed by atoms with E-state index in [1.807, 2.05) is 12.1 Å². The Bertz CT molecular complexity index is 426. The fraction of sp³-hybridized carbons (Fsp3) is 0.429. The Kier molecular flexibility index (Phi) is 9.68. The molecule has 114 valence electrons. The molecule has 1 saturated heterocycles. The van der Waals surface area contributed by atoms with E-state index in [-0.39, 0.29) is 36.7 Å². The number of hydrogen-bond acceptors (Lipinski definition) is 2. The summed E-state index contributed by atoms with van der Waals surface area (Å²) in [6.07, 6.45) is 2.74. The van der Waals surface area contributed by atoms with E-state index in [1.165, 1.54) is 6.07 Å². The number of nitrogens with zero attached hydrogens (tertiary/aromatic N) is 1. The Morgan fingerprint density at radius 3 is 2.60 bits per heavy atom. The summed E-state index contributed by atoms with van der Waals surface area (Å²) in [4.78, 5) is 2.39. The van der Waals surface area contributed by atoms with Gasteiger partial charge in [-0.3, -0.25) is 4.90 Å². The highest BCUT2D eigenvalue weighted by molar-refractivity contribution is 9.10. The Labute approximate surface area is 140 Å². The van der Waals surface area contributed by atoms with Gasteiger partial charge in [0.1, 0.15) is 5.82 Å². The predicted molar refractivity (Wildman–Crippen MR) is 90.6 cm³/mol. The van der Waals surface area contributed by atoms with Gasteiger partial charge in [0.25, 0.3) is 0 Å². The van der Waals surface area contributed by atoms with Crippen LogP contribution in [0.25, 0.3) is 0 Å². The second-order valence-corrected chi connectivity index (χ2v) is 5.26. The van der Waals surface area contributed by atoms with E-state index in [0.717, 1.165) is 38.2 Å². The minimum atomic E-state index is -0.198. The summed E-state index contributed by atoms with van der Waals surface area (Å²) in [6.45, 7) is 7.77. The molecule has 0 saturated carbocycles. The average molecular weight is 386 g/mol. The van der Waals surface area contributed by atoms with E-state index < -0.39 is 0 Å². The van der Waals surface area contributed by atoms with Gasteiger partial charge >= 0.3 is 0 Å². The molecule has 0 spiro atoms. The molecule has 1 atom stereocenters. The zero-order valence-electron chi connectivity index (χ0n) is 11.1. The molecular weight excluding hydrogens is 366 g/mol. The van der Waals surface area contributed by atoms with Crippen molar-refractivity contribution in [1.29, 1.82) is 0 Å². The third-order valence-electron chi connectivity index (χ3n) is 3.32. The van der Waals surface area contributed by atoms with Crippen molar-refractivity contribution in [3.05, 3.63) is 46.7 Å². The molecule has 0 aliphatic carbocycles. The number of hydrogen-bond donors (Lipinski definition) is 1. The molecule has 1 aliphatic rings. The third-order valence-corrected chi connectivity index (χ3v) is 4.16. The second-order valence-electron chi connectivity index (χ2n) is 4.47. The van der Waals surface area contributed by atoms with Crippen LogP contribution in [0, 0.1) is 5.82 Å². The summed E-state index contributed by atoms with van der Waals surface area (Å²) in [5.74, 6) is -0.198. The summed E-state index contributed by atoms with van der Waals surface area (Å²) in [5.41, 5.74) is 1.01. The monoisotopic (exact) mass is 384 g/mol. The highest BCUT2D eigenvalue weighted by Crippen LogP contribution is 2.32. The molecular formula is C14H20BrCl2FN2. The first-order valence-corrected chi connectivity index (χ1v) is 7.03. The molecule has 1 fully saturated rings. The van der Waals surface area contributed by atoms with Gasteiger partial charge in [0.2, 0.25) is 0 Å². The molecule has 2 rings (SSSR count). The first-order chi connectivity index (χ1) is 8.74. The fourth-order valence-electron chi connectivity index (χ4n) is 2.40. The molecule has 0 radical (unpaired) electrons. The van der Waals surface area contributed by atoms with Crippen molar-refractivity contribution in [2.45, 2.75) is 12.5 Å². The molecule has 2 nitrogen and oxygen atoms in total. The van der Waals surface area contributed by atoms with Gasteiger partial charge in [0, 0.05) is 32.2 Å². The van der Waals surface area contributed by atoms with Crippen LogP contribution < -0.4 is 5.32 Å². The molecule has 0 amide bonds. The smallest absolute Gasteiger partial charge is 0.137 e. The van der Waals surface area contributed by atoms with Gasteiger partial charge in [-0.25, -0.2) is 4.39 Å². The summed E-state index contributed by atoms with van der Waals surface area (Å²) < 4.78 is 14.2. The molecule has 1 aliphatic heterocycles. The van der Waals surface area contributed by atoms with Crippen LogP contribution in [-0.2, 0) is 0 Å². The number of halogens is 4. The van der Waals surface area contributed by atoms with Crippen molar-refractivity contribution in [3.8, 4) is 0 Å². The lowest BCUT2D eigenvalue weighted by Gasteiger charge is -2.35. The van der Waals surface area contributed by atoms with Crippen LogP contribution in [0.3, 0.4) is 0 Å². The lowest BCUT2D eigenvalue weighted by Crippen LogP contribution is -2.45. The molecule has 1 N–H and O–H groups in total. The van der Waals surface area contributed by atoms with Gasteiger partial charge in [-0.2, -0.15) is 0 Å². The molecule has 20 heavy (non-hydrogen) atoms. The minimum Gasteiger partial charge on any atom is -0.314 e. The van der Waals surface area contributed by atoms with Crippen molar-refractivity contribution in [2.24, 2.45) is 0 Å². The highest BCUT2D eigenvalue weighted by Gasteiger charge is 2.23. The molecule has 1 aromatic carbocycles. The summed E-state index contributed by atoms with van der Waals surface area (Å²) in [5, 5.41) is 3.34. The predicted octanol–water partition coefficient (Wildman–Crippen LogP) is 3.95. The zero-order chi connectivity index (χ0) is 13.0. The van der Waals surface area contributed by atoms with Crippen LogP contribution in [0.4, 0.5) is 4.39 Å². The lowest BCUT2D eigenvalue weighted by atomic mass is 10.0. The van der Waals surface area contributed by atoms with E-state index in [1.54, 1.807) is 6.07 Å². The highest BCUT2D eigenvalue weighted by atomic mass is 79.9. The van der Waals surface area contributed by atoms with Gasteiger partial charge in [-0.05, 0) is 34.0 Å². The Morgan fingerprint density at radius 1 is 1.35 bits per heavy atom. The Balaban J connectivity index is 0.00000180. The van der Waals surface area contributed by atoms with Gasteiger partial charge in [0.05, 0.1) is 4.47 Å². The van der Waals surface area contributed by atoms with E-state index in [4.69, 9.17) is 0 Å². The summed E-state index contributed by atoms with van der Waals surface area (Å²) in [6, 6.07) is 5.45. The van der Waals surface area contributed by atoms with Gasteiger partial charge < -0.3 is 5.32 Å². The SMILES string of the molecule is C=CC[C@H](c1cccc(F)c1Br)N1CCNCC1.Cl.Cl. The first kappa shape index (κ1) is 19.9. The van der Waals surface area contributed by atoms with Crippen LogP contribution in [-0.4, -0.2) is 31.1 Å². The second kappa shape index (κ2) is 9.74. The number of rotatable bonds is 4. The average Bonchev–Trinajstić information content (AvgIpc) is 2.41. The minimum absolute atomic E-state index is 0. The van der Waals surface area contributed by atoms with E-state index in [0.29, 0.717) is 4.47 Å². The summed E-state index contributed by atoms with van der Waals surface area (Å²) >= 11 is 3.37.